The zero-order valence-corrected chi connectivity index (χ0v) is 14.7. The van der Waals surface area contributed by atoms with Crippen molar-refractivity contribution in [3.05, 3.63) is 59.3 Å². The molecular weight excluding hydrogens is 338 g/mol. The number of furan rings is 1. The Kier molecular flexibility index (Phi) is 5.35. The van der Waals surface area contributed by atoms with Crippen molar-refractivity contribution in [3.63, 3.8) is 0 Å². The Morgan fingerprint density at radius 3 is 2.88 bits per heavy atom. The molecule has 0 saturated carbocycles. The molecule has 2 aromatic heterocycles. The van der Waals surface area contributed by atoms with Gasteiger partial charge in [-0.25, -0.2) is 4.98 Å². The van der Waals surface area contributed by atoms with Crippen LogP contribution in [0.1, 0.15) is 27.7 Å². The van der Waals surface area contributed by atoms with Crippen LogP contribution in [0.25, 0.3) is 12.2 Å². The lowest BCUT2D eigenvalue weighted by Crippen LogP contribution is -2.04. The summed E-state index contributed by atoms with van der Waals surface area (Å²) in [4.78, 5) is 16.6. The molecule has 3 aromatic rings. The van der Waals surface area contributed by atoms with Crippen LogP contribution in [0.15, 0.2) is 46.0 Å². The molecule has 25 heavy (non-hydrogen) atoms. The number of H-pyrrole nitrogens is 1. The fourth-order valence-electron chi connectivity index (χ4n) is 2.18. The second-order valence-corrected chi connectivity index (χ2v) is 6.14. The Hall–Kier alpha value is -2.80. The quantitative estimate of drug-likeness (QED) is 0.512. The fraction of sp³-hybridized carbons (Fsp3) is 0.167. The van der Waals surface area contributed by atoms with Gasteiger partial charge in [0.05, 0.1) is 18.4 Å². The van der Waals surface area contributed by atoms with Gasteiger partial charge in [-0.1, -0.05) is 23.9 Å². The zero-order valence-electron chi connectivity index (χ0n) is 13.9. The van der Waals surface area contributed by atoms with Gasteiger partial charge >= 0.3 is 0 Å². The molecule has 7 heteroatoms. The van der Waals surface area contributed by atoms with Crippen LogP contribution in [0, 0.1) is 6.92 Å². The summed E-state index contributed by atoms with van der Waals surface area (Å²) in [6.45, 7) is 1.89. The first-order chi connectivity index (χ1) is 12.2. The smallest absolute Gasteiger partial charge is 0.209 e. The summed E-state index contributed by atoms with van der Waals surface area (Å²) >= 11 is 1.27. The minimum atomic E-state index is -0.0320. The molecule has 1 N–H and O–H groups in total. The SMILES string of the molecule is COc1ccccc1C(=O)CSc1n[nH]c(/C=C/c2ccc(C)o2)n1. The van der Waals surface area contributed by atoms with Crippen LogP contribution >= 0.6 is 11.8 Å². The van der Waals surface area contributed by atoms with Gasteiger partial charge in [-0.05, 0) is 43.3 Å². The van der Waals surface area contributed by atoms with E-state index in [2.05, 4.69) is 15.2 Å². The predicted octanol–water partition coefficient (Wildman–Crippen LogP) is 3.86. The van der Waals surface area contributed by atoms with Crippen molar-refractivity contribution >= 4 is 29.7 Å². The molecule has 0 aliphatic carbocycles. The molecule has 6 nitrogen and oxygen atoms in total. The van der Waals surface area contributed by atoms with E-state index < -0.39 is 0 Å². The number of aryl methyl sites for hydroxylation is 1. The number of thioether (sulfide) groups is 1. The molecule has 0 saturated heterocycles. The third kappa shape index (κ3) is 4.39. The Morgan fingerprint density at radius 1 is 1.28 bits per heavy atom. The lowest BCUT2D eigenvalue weighted by Gasteiger charge is -2.05. The minimum absolute atomic E-state index is 0.0320. The van der Waals surface area contributed by atoms with Crippen LogP contribution in [0.5, 0.6) is 5.75 Å². The van der Waals surface area contributed by atoms with Crippen LogP contribution < -0.4 is 4.74 Å². The van der Waals surface area contributed by atoms with Gasteiger partial charge in [0.25, 0.3) is 0 Å². The summed E-state index contributed by atoms with van der Waals surface area (Å²) < 4.78 is 10.7. The highest BCUT2D eigenvalue weighted by atomic mass is 32.2. The molecule has 0 amide bonds. The number of methoxy groups -OCH3 is 1. The summed E-state index contributed by atoms with van der Waals surface area (Å²) in [5.74, 6) is 2.97. The van der Waals surface area contributed by atoms with Gasteiger partial charge in [-0.2, -0.15) is 0 Å². The third-order valence-corrected chi connectivity index (χ3v) is 4.24. The number of carbonyl (C=O) groups excluding carboxylic acids is 1. The molecule has 0 bridgehead atoms. The number of rotatable bonds is 7. The maximum Gasteiger partial charge on any atom is 0.209 e. The predicted molar refractivity (Wildman–Crippen MR) is 96.8 cm³/mol. The molecule has 0 aliphatic rings. The number of nitrogens with zero attached hydrogens (tertiary/aromatic N) is 2. The fourth-order valence-corrected chi connectivity index (χ4v) is 2.87. The highest BCUT2D eigenvalue weighted by Crippen LogP contribution is 2.21. The van der Waals surface area contributed by atoms with Crippen LogP contribution in [-0.4, -0.2) is 33.8 Å². The van der Waals surface area contributed by atoms with E-state index in [1.165, 1.54) is 11.8 Å². The Morgan fingerprint density at radius 2 is 2.12 bits per heavy atom. The number of ketones is 1. The largest absolute Gasteiger partial charge is 0.496 e. The van der Waals surface area contributed by atoms with Gasteiger partial charge in [-0.15, -0.1) is 5.10 Å². The lowest BCUT2D eigenvalue weighted by atomic mass is 10.1. The topological polar surface area (TPSA) is 81.0 Å². The van der Waals surface area contributed by atoms with Crippen molar-refractivity contribution in [2.45, 2.75) is 12.1 Å². The normalized spacial score (nSPS) is 11.1. The van der Waals surface area contributed by atoms with Crippen LogP contribution in [0.4, 0.5) is 0 Å². The standard InChI is InChI=1S/C18H17N3O3S/c1-12-7-8-13(24-12)9-10-17-19-18(21-20-17)25-11-15(22)14-5-3-4-6-16(14)23-2/h3-10H,11H2,1-2H3,(H,19,20,21)/b10-9+. The molecule has 1 aromatic carbocycles. The summed E-state index contributed by atoms with van der Waals surface area (Å²) in [7, 11) is 1.55. The van der Waals surface area contributed by atoms with Crippen LogP contribution in [0.2, 0.25) is 0 Å². The molecule has 0 radical (unpaired) electrons. The first-order valence-electron chi connectivity index (χ1n) is 7.61. The van der Waals surface area contributed by atoms with Crippen molar-refractivity contribution in [2.75, 3.05) is 12.9 Å². The second-order valence-electron chi connectivity index (χ2n) is 5.20. The van der Waals surface area contributed by atoms with E-state index in [4.69, 9.17) is 9.15 Å². The average Bonchev–Trinajstić information content (AvgIpc) is 3.26. The molecule has 3 rings (SSSR count). The Labute approximate surface area is 149 Å². The molecule has 128 valence electrons. The summed E-state index contributed by atoms with van der Waals surface area (Å²) in [6.07, 6.45) is 3.58. The van der Waals surface area contributed by atoms with Crippen LogP contribution in [0.3, 0.4) is 0 Å². The molecule has 0 fully saturated rings. The second kappa shape index (κ2) is 7.85. The maximum absolute atomic E-state index is 12.3. The van der Waals surface area contributed by atoms with Crippen molar-refractivity contribution in [3.8, 4) is 5.75 Å². The lowest BCUT2D eigenvalue weighted by molar-refractivity contribution is 0.101. The van der Waals surface area contributed by atoms with Crippen molar-refractivity contribution < 1.29 is 13.9 Å². The van der Waals surface area contributed by atoms with Gasteiger partial charge in [0.1, 0.15) is 23.1 Å². The summed E-state index contributed by atoms with van der Waals surface area (Å²) in [5.41, 5.74) is 0.557. The molecular formula is C18H17N3O3S. The number of hydrogen-bond donors (Lipinski definition) is 1. The first-order valence-corrected chi connectivity index (χ1v) is 8.60. The molecule has 0 atom stereocenters. The van der Waals surface area contributed by atoms with E-state index in [0.717, 1.165) is 11.5 Å². The number of benzene rings is 1. The van der Waals surface area contributed by atoms with E-state index >= 15 is 0 Å². The number of ether oxygens (including phenoxy) is 1. The minimum Gasteiger partial charge on any atom is -0.496 e. The number of para-hydroxylation sites is 1. The number of Topliss-reactive ketones (excluding diaryl/α,β-unsaturated/α-hetero) is 1. The molecule has 0 spiro atoms. The highest BCUT2D eigenvalue weighted by molar-refractivity contribution is 7.99. The number of nitrogens with one attached hydrogen (secondary N) is 1. The number of carbonyl (C=O) groups is 1. The van der Waals surface area contributed by atoms with Crippen molar-refractivity contribution in [1.82, 2.24) is 15.2 Å². The Balaban J connectivity index is 1.60. The summed E-state index contributed by atoms with van der Waals surface area (Å²) in [6, 6.07) is 10.9. The molecule has 2 heterocycles. The number of aromatic nitrogens is 3. The van der Waals surface area contributed by atoms with Gasteiger partial charge < -0.3 is 9.15 Å². The Bertz CT molecular complexity index is 898. The first kappa shape index (κ1) is 17.0. The zero-order chi connectivity index (χ0) is 17.6. The average molecular weight is 355 g/mol. The van der Waals surface area contributed by atoms with E-state index in [0.29, 0.717) is 22.3 Å². The number of hydrogen-bond acceptors (Lipinski definition) is 6. The highest BCUT2D eigenvalue weighted by Gasteiger charge is 2.13. The molecule has 0 unspecified atom stereocenters. The summed E-state index contributed by atoms with van der Waals surface area (Å²) in [5, 5.41) is 7.44. The number of aromatic amines is 1. The van der Waals surface area contributed by atoms with E-state index in [1.807, 2.05) is 37.3 Å². The van der Waals surface area contributed by atoms with Crippen LogP contribution in [-0.2, 0) is 0 Å². The van der Waals surface area contributed by atoms with Crippen molar-refractivity contribution in [2.24, 2.45) is 0 Å². The van der Waals surface area contributed by atoms with E-state index in [-0.39, 0.29) is 11.5 Å². The third-order valence-electron chi connectivity index (χ3n) is 3.39. The molecule has 0 aliphatic heterocycles. The van der Waals surface area contributed by atoms with E-state index in [1.54, 1.807) is 25.3 Å². The maximum atomic E-state index is 12.3. The van der Waals surface area contributed by atoms with E-state index in [9.17, 15) is 4.79 Å². The van der Waals surface area contributed by atoms with Gasteiger partial charge in [-0.3, -0.25) is 9.89 Å². The van der Waals surface area contributed by atoms with Gasteiger partial charge in [0.15, 0.2) is 5.78 Å². The van der Waals surface area contributed by atoms with Gasteiger partial charge in [0.2, 0.25) is 5.16 Å². The van der Waals surface area contributed by atoms with Crippen molar-refractivity contribution in [1.29, 1.82) is 0 Å². The van der Waals surface area contributed by atoms with Gasteiger partial charge in [0, 0.05) is 0 Å². The monoisotopic (exact) mass is 355 g/mol.